The molecule has 0 spiro atoms. The summed E-state index contributed by atoms with van der Waals surface area (Å²) in [6.07, 6.45) is 4.02. The second-order valence-corrected chi connectivity index (χ2v) is 12.8. The number of aliphatic hydroxyl groups excluding tert-OH is 1. The topological polar surface area (TPSA) is 150 Å². The zero-order valence-corrected chi connectivity index (χ0v) is 27.6. The van der Waals surface area contributed by atoms with E-state index < -0.39 is 6.29 Å². The summed E-state index contributed by atoms with van der Waals surface area (Å²) in [5, 5.41) is 28.0. The van der Waals surface area contributed by atoms with Gasteiger partial charge in [-0.25, -0.2) is 0 Å². The minimum Gasteiger partial charge on any atom is -0.618 e. The third-order valence-corrected chi connectivity index (χ3v) is 9.26. The number of aliphatic hydroxyl groups is 1. The SMILES string of the molecule is Nc1ccccc1NC(=O)CCCCCC(=O)NCc1ccc([C@H]2O[C@@H](CSc3cccc[n+]3[O-])C[C@@H](c3ccc(CO)cc3)O2)cc1. The van der Waals surface area contributed by atoms with Crippen LogP contribution in [0.3, 0.4) is 0 Å². The van der Waals surface area contributed by atoms with Gasteiger partial charge in [0.1, 0.15) is 0 Å². The van der Waals surface area contributed by atoms with Crippen LogP contribution in [-0.4, -0.2) is 28.8 Å². The quantitative estimate of drug-likeness (QED) is 0.0399. The highest BCUT2D eigenvalue weighted by molar-refractivity contribution is 7.99. The van der Waals surface area contributed by atoms with Crippen molar-refractivity contribution in [3.63, 3.8) is 0 Å². The summed E-state index contributed by atoms with van der Waals surface area (Å²) in [6, 6.07) is 28.0. The first-order valence-electron chi connectivity index (χ1n) is 16.2. The van der Waals surface area contributed by atoms with Gasteiger partial charge in [0.2, 0.25) is 11.8 Å². The van der Waals surface area contributed by atoms with Gasteiger partial charge in [0.15, 0.2) is 12.5 Å². The minimum atomic E-state index is -0.613. The number of carbonyl (C=O) groups is 2. The van der Waals surface area contributed by atoms with E-state index in [9.17, 15) is 19.9 Å². The van der Waals surface area contributed by atoms with E-state index >= 15 is 0 Å². The van der Waals surface area contributed by atoms with Gasteiger partial charge in [0, 0.05) is 49.3 Å². The lowest BCUT2D eigenvalue weighted by Crippen LogP contribution is -2.32. The molecule has 11 heteroatoms. The van der Waals surface area contributed by atoms with Crippen molar-refractivity contribution in [3.05, 3.63) is 125 Å². The number of ether oxygens (including phenoxy) is 2. The number of thioether (sulfide) groups is 1. The van der Waals surface area contributed by atoms with E-state index in [1.54, 1.807) is 24.3 Å². The Kier molecular flexibility index (Phi) is 12.8. The number of rotatable bonds is 15. The first kappa shape index (κ1) is 34.9. The lowest BCUT2D eigenvalue weighted by atomic mass is 10.0. The molecule has 1 aromatic heterocycles. The van der Waals surface area contributed by atoms with Gasteiger partial charge >= 0.3 is 0 Å². The van der Waals surface area contributed by atoms with Crippen molar-refractivity contribution in [2.24, 2.45) is 0 Å². The summed E-state index contributed by atoms with van der Waals surface area (Å²) in [7, 11) is 0. The Morgan fingerprint density at radius 2 is 1.54 bits per heavy atom. The second kappa shape index (κ2) is 17.7. The zero-order chi connectivity index (χ0) is 33.7. The number of para-hydroxylation sites is 2. The number of carbonyl (C=O) groups excluding carboxylic acids is 2. The molecule has 48 heavy (non-hydrogen) atoms. The lowest BCUT2D eigenvalue weighted by Gasteiger charge is -2.36. The number of unbranched alkanes of at least 4 members (excludes halogenated alkanes) is 2. The Morgan fingerprint density at radius 1 is 0.854 bits per heavy atom. The molecule has 0 radical (unpaired) electrons. The van der Waals surface area contributed by atoms with Crippen molar-refractivity contribution in [2.75, 3.05) is 16.8 Å². The maximum absolute atomic E-state index is 12.5. The number of nitrogens with one attached hydrogen (secondary N) is 2. The Hall–Kier alpha value is -4.42. The predicted octanol–water partition coefficient (Wildman–Crippen LogP) is 5.94. The summed E-state index contributed by atoms with van der Waals surface area (Å²) in [6.45, 7) is 0.375. The number of nitrogen functional groups attached to an aromatic ring is 1. The highest BCUT2D eigenvalue weighted by Gasteiger charge is 2.32. The number of hydrogen-bond acceptors (Lipinski definition) is 8. The van der Waals surface area contributed by atoms with Gasteiger partial charge in [-0.05, 0) is 47.7 Å². The minimum absolute atomic E-state index is 0.0257. The Labute approximate surface area is 285 Å². The maximum atomic E-state index is 12.5. The highest BCUT2D eigenvalue weighted by Crippen LogP contribution is 2.39. The monoisotopic (exact) mass is 670 g/mol. The van der Waals surface area contributed by atoms with Gasteiger partial charge in [0.25, 0.3) is 5.03 Å². The van der Waals surface area contributed by atoms with Gasteiger partial charge in [-0.1, -0.05) is 78.8 Å². The van der Waals surface area contributed by atoms with Crippen molar-refractivity contribution in [1.29, 1.82) is 0 Å². The first-order chi connectivity index (χ1) is 23.4. The van der Waals surface area contributed by atoms with Crippen molar-refractivity contribution in [1.82, 2.24) is 5.32 Å². The average Bonchev–Trinajstić information content (AvgIpc) is 3.11. The number of pyridine rings is 1. The standard InChI is InChI=1S/C37H42N4O6S/c38-31-8-4-5-9-32(31)40-35(44)11-3-1-2-10-34(43)39-23-26-13-19-29(20-14-26)37-46-30(25-48-36-12-6-7-21-41(36)45)22-33(47-37)28-17-15-27(24-42)16-18-28/h4-9,12-21,30,33,37,42H,1-3,10-11,22-25,38H2,(H,39,43)(H,40,44)/t30-,33+,37+/m1/s1. The molecule has 0 saturated carbocycles. The fourth-order valence-corrected chi connectivity index (χ4v) is 6.31. The number of nitrogens with two attached hydrogens (primary N) is 1. The van der Waals surface area contributed by atoms with Gasteiger partial charge in [0.05, 0.1) is 30.2 Å². The zero-order valence-electron chi connectivity index (χ0n) is 26.8. The van der Waals surface area contributed by atoms with Gasteiger partial charge in [-0.3, -0.25) is 9.59 Å². The largest absolute Gasteiger partial charge is 0.618 e. The summed E-state index contributed by atoms with van der Waals surface area (Å²) in [4.78, 5) is 24.6. The summed E-state index contributed by atoms with van der Waals surface area (Å²) in [5.41, 5.74) is 10.7. The van der Waals surface area contributed by atoms with Crippen LogP contribution in [0.1, 0.15) is 73.2 Å². The van der Waals surface area contributed by atoms with Gasteiger partial charge < -0.3 is 36.2 Å². The van der Waals surface area contributed by atoms with E-state index in [4.69, 9.17) is 15.2 Å². The number of hydrogen-bond donors (Lipinski definition) is 4. The molecule has 1 aliphatic rings. The number of aromatic nitrogens is 1. The van der Waals surface area contributed by atoms with Crippen LogP contribution in [0.25, 0.3) is 0 Å². The fraction of sp³-hybridized carbons (Fsp3) is 0.324. The second-order valence-electron chi connectivity index (χ2n) is 11.7. The van der Waals surface area contributed by atoms with E-state index in [2.05, 4.69) is 10.6 Å². The molecule has 5 N–H and O–H groups in total. The van der Waals surface area contributed by atoms with E-state index in [0.29, 0.717) is 60.8 Å². The van der Waals surface area contributed by atoms with Crippen LogP contribution in [0, 0.1) is 5.21 Å². The normalized spacial score (nSPS) is 17.5. The molecule has 1 fully saturated rings. The van der Waals surface area contributed by atoms with Crippen LogP contribution in [0.2, 0.25) is 0 Å². The molecule has 0 bridgehead atoms. The molecule has 1 aliphatic heterocycles. The molecule has 1 saturated heterocycles. The third-order valence-electron chi connectivity index (χ3n) is 8.10. The fourth-order valence-electron chi connectivity index (χ4n) is 5.38. The van der Waals surface area contributed by atoms with E-state index in [1.807, 2.05) is 66.7 Å². The summed E-state index contributed by atoms with van der Waals surface area (Å²) >= 11 is 1.45. The number of benzene rings is 3. The summed E-state index contributed by atoms with van der Waals surface area (Å²) in [5.74, 6) is 0.459. The smallest absolute Gasteiger partial charge is 0.251 e. The molecule has 3 aromatic carbocycles. The highest BCUT2D eigenvalue weighted by atomic mass is 32.2. The Morgan fingerprint density at radius 3 is 2.27 bits per heavy atom. The van der Waals surface area contributed by atoms with Crippen LogP contribution in [0.4, 0.5) is 11.4 Å². The molecule has 0 aliphatic carbocycles. The molecule has 2 amide bonds. The molecular formula is C37H42N4O6S. The van der Waals surface area contributed by atoms with E-state index in [-0.39, 0.29) is 30.6 Å². The molecular weight excluding hydrogens is 628 g/mol. The van der Waals surface area contributed by atoms with Crippen LogP contribution < -0.4 is 21.1 Å². The van der Waals surface area contributed by atoms with Crippen LogP contribution in [0.5, 0.6) is 0 Å². The third kappa shape index (κ3) is 10.3. The molecule has 4 aromatic rings. The van der Waals surface area contributed by atoms with Gasteiger partial charge in [-0.15, -0.1) is 0 Å². The molecule has 3 atom stereocenters. The summed E-state index contributed by atoms with van der Waals surface area (Å²) < 4.78 is 13.7. The van der Waals surface area contributed by atoms with Crippen molar-refractivity contribution in [2.45, 2.75) is 75.2 Å². The van der Waals surface area contributed by atoms with E-state index in [0.717, 1.165) is 33.4 Å². The Balaban J connectivity index is 1.09. The number of anilines is 2. The van der Waals surface area contributed by atoms with E-state index in [1.165, 1.54) is 18.0 Å². The Bertz CT molecular complexity index is 1640. The molecule has 5 rings (SSSR count). The van der Waals surface area contributed by atoms with Crippen molar-refractivity contribution < 1.29 is 28.9 Å². The lowest BCUT2D eigenvalue weighted by molar-refractivity contribution is -0.645. The molecule has 252 valence electrons. The van der Waals surface area contributed by atoms with Crippen molar-refractivity contribution >= 4 is 35.0 Å². The number of nitrogens with zero attached hydrogens (tertiary/aromatic N) is 1. The molecule has 10 nitrogen and oxygen atoms in total. The predicted molar refractivity (Wildman–Crippen MR) is 185 cm³/mol. The van der Waals surface area contributed by atoms with Gasteiger partial charge in [-0.2, -0.15) is 4.73 Å². The number of amides is 2. The van der Waals surface area contributed by atoms with Crippen LogP contribution in [0.15, 0.2) is 102 Å². The van der Waals surface area contributed by atoms with Crippen LogP contribution >= 0.6 is 11.8 Å². The maximum Gasteiger partial charge on any atom is 0.251 e. The molecule has 2 heterocycles. The van der Waals surface area contributed by atoms with Crippen LogP contribution in [-0.2, 0) is 32.2 Å². The van der Waals surface area contributed by atoms with Crippen molar-refractivity contribution in [3.8, 4) is 0 Å². The molecule has 0 unspecified atom stereocenters. The average molecular weight is 671 g/mol. The first-order valence-corrected chi connectivity index (χ1v) is 17.2.